The number of benzene rings is 1. The van der Waals surface area contributed by atoms with Crippen LogP contribution in [0.15, 0.2) is 23.1 Å². The Hall–Kier alpha value is -0.510. The summed E-state index contributed by atoms with van der Waals surface area (Å²) < 4.78 is 0. The van der Waals surface area contributed by atoms with Crippen LogP contribution in [-0.2, 0) is 0 Å². The summed E-state index contributed by atoms with van der Waals surface area (Å²) in [6, 6.07) is 6.76. The Balaban J connectivity index is 1.87. The highest BCUT2D eigenvalue weighted by Gasteiger charge is 2.14. The summed E-state index contributed by atoms with van der Waals surface area (Å²) in [7, 11) is 0. The zero-order valence-electron chi connectivity index (χ0n) is 11.7. The van der Waals surface area contributed by atoms with Crippen molar-refractivity contribution in [2.75, 3.05) is 32.7 Å². The van der Waals surface area contributed by atoms with E-state index in [1.165, 1.54) is 35.7 Å². The van der Waals surface area contributed by atoms with Crippen molar-refractivity contribution in [3.05, 3.63) is 29.3 Å². The van der Waals surface area contributed by atoms with Crippen LogP contribution in [0.1, 0.15) is 18.1 Å². The van der Waals surface area contributed by atoms with E-state index < -0.39 is 0 Å². The van der Waals surface area contributed by atoms with E-state index in [4.69, 9.17) is 0 Å². The fraction of sp³-hybridized carbons (Fsp3) is 0.600. The third-order valence-electron chi connectivity index (χ3n) is 3.38. The maximum Gasteiger partial charge on any atom is 0.0194 e. The summed E-state index contributed by atoms with van der Waals surface area (Å²) in [5.74, 6) is 0. The molecule has 1 aromatic rings. The van der Waals surface area contributed by atoms with Gasteiger partial charge in [0.15, 0.2) is 0 Å². The third kappa shape index (κ3) is 4.01. The predicted octanol–water partition coefficient (Wildman–Crippen LogP) is 2.69. The van der Waals surface area contributed by atoms with Gasteiger partial charge in [-0.05, 0) is 25.5 Å². The Kier molecular flexibility index (Phi) is 5.10. The topological polar surface area (TPSA) is 15.3 Å². The Morgan fingerprint density at radius 2 is 2.00 bits per heavy atom. The highest BCUT2D eigenvalue weighted by molar-refractivity contribution is 8.00. The summed E-state index contributed by atoms with van der Waals surface area (Å²) >= 11 is 2.01. The molecule has 1 N–H and O–H groups in total. The van der Waals surface area contributed by atoms with Crippen molar-refractivity contribution in [3.8, 4) is 0 Å². The van der Waals surface area contributed by atoms with Crippen LogP contribution in [0.3, 0.4) is 0 Å². The van der Waals surface area contributed by atoms with Crippen molar-refractivity contribution >= 4 is 11.8 Å². The van der Waals surface area contributed by atoms with E-state index in [2.05, 4.69) is 49.2 Å². The maximum atomic E-state index is 3.40. The number of hydrogen-bond donors (Lipinski definition) is 1. The highest BCUT2D eigenvalue weighted by Crippen LogP contribution is 2.27. The van der Waals surface area contributed by atoms with Crippen LogP contribution in [0, 0.1) is 13.8 Å². The molecule has 0 aliphatic carbocycles. The maximum absolute atomic E-state index is 3.40. The predicted molar refractivity (Wildman–Crippen MR) is 80.5 cm³/mol. The highest BCUT2D eigenvalue weighted by atomic mass is 32.2. The van der Waals surface area contributed by atoms with Gasteiger partial charge in [-0.2, -0.15) is 0 Å². The Morgan fingerprint density at radius 1 is 1.28 bits per heavy atom. The minimum Gasteiger partial charge on any atom is -0.314 e. The first kappa shape index (κ1) is 13.9. The molecule has 0 spiro atoms. The summed E-state index contributed by atoms with van der Waals surface area (Å²) in [4.78, 5) is 4.00. The number of rotatable bonds is 4. The summed E-state index contributed by atoms with van der Waals surface area (Å²) in [5, 5.41) is 4.06. The number of nitrogens with zero attached hydrogens (tertiary/aromatic N) is 1. The van der Waals surface area contributed by atoms with Crippen molar-refractivity contribution in [1.29, 1.82) is 0 Å². The first-order chi connectivity index (χ1) is 8.65. The number of thioether (sulfide) groups is 1. The first-order valence-electron chi connectivity index (χ1n) is 6.82. The number of nitrogens with one attached hydrogen (secondary N) is 1. The lowest BCUT2D eigenvalue weighted by molar-refractivity contribution is 0.244. The fourth-order valence-electron chi connectivity index (χ4n) is 2.44. The van der Waals surface area contributed by atoms with E-state index in [-0.39, 0.29) is 0 Å². The van der Waals surface area contributed by atoms with Crippen LogP contribution in [-0.4, -0.2) is 42.9 Å². The molecule has 0 radical (unpaired) electrons. The van der Waals surface area contributed by atoms with E-state index in [1.807, 2.05) is 11.8 Å². The molecule has 1 aliphatic heterocycles. The molecule has 1 saturated heterocycles. The summed E-state index contributed by atoms with van der Waals surface area (Å²) in [6.45, 7) is 12.6. The molecule has 0 saturated carbocycles. The molecule has 1 aliphatic rings. The summed E-state index contributed by atoms with van der Waals surface area (Å²) in [5.41, 5.74) is 2.76. The fourth-order valence-corrected chi connectivity index (χ4v) is 3.55. The van der Waals surface area contributed by atoms with E-state index in [0.29, 0.717) is 5.25 Å². The number of hydrogen-bond acceptors (Lipinski definition) is 3. The second-order valence-corrected chi connectivity index (χ2v) is 6.73. The van der Waals surface area contributed by atoms with E-state index in [0.717, 1.165) is 13.1 Å². The van der Waals surface area contributed by atoms with E-state index in [9.17, 15) is 0 Å². The average Bonchev–Trinajstić information content (AvgIpc) is 2.34. The molecule has 1 heterocycles. The van der Waals surface area contributed by atoms with Gasteiger partial charge >= 0.3 is 0 Å². The van der Waals surface area contributed by atoms with Crippen LogP contribution in [0.2, 0.25) is 0 Å². The van der Waals surface area contributed by atoms with Crippen molar-refractivity contribution < 1.29 is 0 Å². The molecule has 0 aromatic heterocycles. The Morgan fingerprint density at radius 3 is 2.67 bits per heavy atom. The Labute approximate surface area is 115 Å². The van der Waals surface area contributed by atoms with Gasteiger partial charge in [0.25, 0.3) is 0 Å². The molecule has 2 nitrogen and oxygen atoms in total. The molecule has 18 heavy (non-hydrogen) atoms. The van der Waals surface area contributed by atoms with Gasteiger partial charge in [-0.15, -0.1) is 11.8 Å². The van der Waals surface area contributed by atoms with Crippen LogP contribution < -0.4 is 5.32 Å². The molecular weight excluding hydrogens is 240 g/mol. The van der Waals surface area contributed by atoms with Gasteiger partial charge in [-0.3, -0.25) is 4.90 Å². The van der Waals surface area contributed by atoms with Crippen LogP contribution in [0.5, 0.6) is 0 Å². The summed E-state index contributed by atoms with van der Waals surface area (Å²) in [6.07, 6.45) is 0. The van der Waals surface area contributed by atoms with Gasteiger partial charge in [0.2, 0.25) is 0 Å². The van der Waals surface area contributed by atoms with Crippen LogP contribution >= 0.6 is 11.8 Å². The van der Waals surface area contributed by atoms with Gasteiger partial charge in [-0.25, -0.2) is 0 Å². The lowest BCUT2D eigenvalue weighted by Gasteiger charge is -2.29. The first-order valence-corrected chi connectivity index (χ1v) is 7.70. The van der Waals surface area contributed by atoms with E-state index >= 15 is 0 Å². The normalized spacial score (nSPS) is 18.8. The van der Waals surface area contributed by atoms with Gasteiger partial charge in [0.1, 0.15) is 0 Å². The van der Waals surface area contributed by atoms with Crippen molar-refractivity contribution in [2.24, 2.45) is 0 Å². The van der Waals surface area contributed by atoms with E-state index in [1.54, 1.807) is 0 Å². The third-order valence-corrected chi connectivity index (χ3v) is 4.65. The van der Waals surface area contributed by atoms with Crippen molar-refractivity contribution in [1.82, 2.24) is 10.2 Å². The Bertz CT molecular complexity index is 386. The second-order valence-electron chi connectivity index (χ2n) is 5.25. The molecule has 1 fully saturated rings. The number of piperazine rings is 1. The lowest BCUT2D eigenvalue weighted by atomic mass is 10.2. The molecule has 0 amide bonds. The zero-order chi connectivity index (χ0) is 13.0. The van der Waals surface area contributed by atoms with Crippen LogP contribution in [0.4, 0.5) is 0 Å². The molecule has 0 bridgehead atoms. The second kappa shape index (κ2) is 6.60. The van der Waals surface area contributed by atoms with Gasteiger partial charge in [0, 0.05) is 42.9 Å². The molecule has 1 atom stereocenters. The number of aryl methyl sites for hydroxylation is 2. The average molecular weight is 264 g/mol. The van der Waals surface area contributed by atoms with Gasteiger partial charge < -0.3 is 5.32 Å². The SMILES string of the molecule is Cc1ccc(SC(C)CN2CCNCC2)c(C)c1. The van der Waals surface area contributed by atoms with Gasteiger partial charge in [-0.1, -0.05) is 24.6 Å². The minimum atomic E-state index is 0.657. The molecule has 100 valence electrons. The monoisotopic (exact) mass is 264 g/mol. The largest absolute Gasteiger partial charge is 0.314 e. The quantitative estimate of drug-likeness (QED) is 0.842. The minimum absolute atomic E-state index is 0.657. The molecule has 3 heteroatoms. The van der Waals surface area contributed by atoms with Crippen molar-refractivity contribution in [2.45, 2.75) is 30.9 Å². The smallest absolute Gasteiger partial charge is 0.0194 e. The lowest BCUT2D eigenvalue weighted by Crippen LogP contribution is -2.45. The zero-order valence-corrected chi connectivity index (χ0v) is 12.5. The molecule has 2 rings (SSSR count). The van der Waals surface area contributed by atoms with Crippen LogP contribution in [0.25, 0.3) is 0 Å². The standard InChI is InChI=1S/C15H24N2S/c1-12-4-5-15(13(2)10-12)18-14(3)11-17-8-6-16-7-9-17/h4-5,10,14,16H,6-9,11H2,1-3H3. The van der Waals surface area contributed by atoms with Crippen molar-refractivity contribution in [3.63, 3.8) is 0 Å². The molecule has 1 aromatic carbocycles. The molecular formula is C15H24N2S. The molecule has 1 unspecified atom stereocenters. The van der Waals surface area contributed by atoms with Gasteiger partial charge in [0.05, 0.1) is 0 Å².